The fourth-order valence-corrected chi connectivity index (χ4v) is 2.59. The monoisotopic (exact) mass is 379 g/mol. The molecule has 21 heavy (non-hydrogen) atoms. The van der Waals surface area contributed by atoms with Crippen LogP contribution in [0.1, 0.15) is 18.1 Å². The summed E-state index contributed by atoms with van der Waals surface area (Å²) in [5.41, 5.74) is 1.52. The lowest BCUT2D eigenvalue weighted by Gasteiger charge is -2.14. The third kappa shape index (κ3) is 4.00. The normalized spacial score (nSPS) is 17.8. The van der Waals surface area contributed by atoms with Gasteiger partial charge in [-0.15, -0.1) is 0 Å². The summed E-state index contributed by atoms with van der Waals surface area (Å²) in [6.45, 7) is 0.0155. The van der Waals surface area contributed by atoms with Crippen LogP contribution in [0.3, 0.4) is 0 Å². The molecule has 0 amide bonds. The Morgan fingerprint density at radius 2 is 2.33 bits per heavy atom. The number of aliphatic hydroxyl groups excluding tert-OH is 2. The van der Waals surface area contributed by atoms with Gasteiger partial charge in [0, 0.05) is 22.1 Å². The molecule has 0 spiro atoms. The van der Waals surface area contributed by atoms with E-state index in [0.29, 0.717) is 17.1 Å². The van der Waals surface area contributed by atoms with Crippen LogP contribution in [0.5, 0.6) is 0 Å². The minimum atomic E-state index is -0.905. The lowest BCUT2D eigenvalue weighted by atomic mass is 10.1. The molecular formula is C13H15BrClNO5. The number of rotatable bonds is 5. The number of halogens is 2. The number of hydrogen-bond acceptors (Lipinski definition) is 6. The first-order valence-corrected chi connectivity index (χ1v) is 7.54. The highest BCUT2D eigenvalue weighted by Gasteiger charge is 2.29. The molecule has 0 aromatic heterocycles. The van der Waals surface area contributed by atoms with E-state index in [2.05, 4.69) is 21.2 Å². The molecule has 0 bridgehead atoms. The minimum Gasteiger partial charge on any atom is -0.434 e. The van der Waals surface area contributed by atoms with Gasteiger partial charge in [-0.3, -0.25) is 0 Å². The summed E-state index contributed by atoms with van der Waals surface area (Å²) in [6, 6.07) is 3.66. The van der Waals surface area contributed by atoms with Crippen molar-refractivity contribution in [1.29, 1.82) is 0 Å². The Balaban J connectivity index is 1.91. The maximum atomic E-state index is 11.6. The van der Waals surface area contributed by atoms with Crippen molar-refractivity contribution in [1.82, 2.24) is 0 Å². The molecule has 2 rings (SSSR count). The fraction of sp³-hybridized carbons (Fsp3) is 0.462. The number of aliphatic hydroxyl groups is 2. The van der Waals surface area contributed by atoms with Gasteiger partial charge in [0.15, 0.2) is 6.10 Å². The molecule has 8 heteroatoms. The Kier molecular flexibility index (Phi) is 5.69. The van der Waals surface area contributed by atoms with Crippen molar-refractivity contribution >= 4 is 39.4 Å². The molecule has 0 aliphatic carbocycles. The molecule has 2 unspecified atom stereocenters. The second-order valence-electron chi connectivity index (χ2n) is 4.53. The van der Waals surface area contributed by atoms with Crippen LogP contribution in [0.2, 0.25) is 5.02 Å². The molecule has 0 fully saturated rings. The quantitative estimate of drug-likeness (QED) is 0.680. The first kappa shape index (κ1) is 16.4. The maximum Gasteiger partial charge on any atom is 0.508 e. The molecular weight excluding hydrogens is 366 g/mol. The molecule has 6 nitrogen and oxygen atoms in total. The van der Waals surface area contributed by atoms with Gasteiger partial charge >= 0.3 is 6.16 Å². The molecule has 116 valence electrons. The number of carbonyl (C=O) groups excluding carboxylic acids is 1. The van der Waals surface area contributed by atoms with Gasteiger partial charge in [-0.2, -0.15) is 0 Å². The van der Waals surface area contributed by atoms with Gasteiger partial charge in [0.1, 0.15) is 0 Å². The molecule has 1 aliphatic rings. The van der Waals surface area contributed by atoms with Gasteiger partial charge < -0.3 is 25.0 Å². The minimum absolute atomic E-state index is 0.0280. The Bertz CT molecular complexity index is 528. The fourth-order valence-electron chi connectivity index (χ4n) is 1.96. The molecule has 1 aliphatic heterocycles. The summed E-state index contributed by atoms with van der Waals surface area (Å²) in [4.78, 5) is 11.6. The van der Waals surface area contributed by atoms with Crippen LogP contribution in [0.15, 0.2) is 16.6 Å². The van der Waals surface area contributed by atoms with E-state index >= 15 is 0 Å². The van der Waals surface area contributed by atoms with E-state index in [-0.39, 0.29) is 19.6 Å². The van der Waals surface area contributed by atoms with Crippen LogP contribution in [-0.2, 0) is 9.47 Å². The Labute approximate surface area is 135 Å². The Hall–Kier alpha value is -1.02. The first-order chi connectivity index (χ1) is 10.0. The summed E-state index contributed by atoms with van der Waals surface area (Å²) in [5, 5.41) is 21.4. The van der Waals surface area contributed by atoms with E-state index in [1.54, 1.807) is 0 Å². The van der Waals surface area contributed by atoms with Crippen LogP contribution in [-0.4, -0.2) is 42.2 Å². The Morgan fingerprint density at radius 1 is 1.57 bits per heavy atom. The van der Waals surface area contributed by atoms with Crippen molar-refractivity contribution in [2.75, 3.05) is 25.1 Å². The number of fused-ring (bicyclic) bond motifs is 1. The lowest BCUT2D eigenvalue weighted by molar-refractivity contribution is 0.0140. The third-order valence-electron chi connectivity index (χ3n) is 3.05. The summed E-state index contributed by atoms with van der Waals surface area (Å²) in [6.07, 6.45) is -2.12. The van der Waals surface area contributed by atoms with Gasteiger partial charge in [-0.05, 0) is 28.1 Å². The van der Waals surface area contributed by atoms with Crippen LogP contribution in [0, 0.1) is 0 Å². The van der Waals surface area contributed by atoms with Crippen LogP contribution in [0.25, 0.3) is 0 Å². The van der Waals surface area contributed by atoms with E-state index in [1.165, 1.54) is 0 Å². The molecule has 0 radical (unpaired) electrons. The van der Waals surface area contributed by atoms with E-state index in [9.17, 15) is 4.79 Å². The molecule has 1 heterocycles. The molecule has 0 saturated carbocycles. The van der Waals surface area contributed by atoms with Crippen molar-refractivity contribution in [2.24, 2.45) is 0 Å². The number of ether oxygens (including phenoxy) is 2. The topological polar surface area (TPSA) is 88.0 Å². The summed E-state index contributed by atoms with van der Waals surface area (Å²) in [5.74, 6) is 0. The second-order valence-corrected chi connectivity index (χ2v) is 5.77. The standard InChI is InChI=1S/C13H15BrClNO5/c14-8-1-2-9-11(12(8)15)10(5-16-9)21-13(19)20-4-3-7(18)6-17/h1-2,7,10,16-18H,3-6H2. The van der Waals surface area contributed by atoms with Crippen LogP contribution >= 0.6 is 27.5 Å². The number of carbonyl (C=O) groups is 1. The van der Waals surface area contributed by atoms with Crippen molar-refractivity contribution in [3.8, 4) is 0 Å². The number of hydrogen-bond donors (Lipinski definition) is 3. The van der Waals surface area contributed by atoms with Crippen molar-refractivity contribution in [2.45, 2.75) is 18.6 Å². The van der Waals surface area contributed by atoms with Crippen molar-refractivity contribution < 1.29 is 24.5 Å². The van der Waals surface area contributed by atoms with Gasteiger partial charge in [0.2, 0.25) is 0 Å². The Morgan fingerprint density at radius 3 is 3.05 bits per heavy atom. The predicted octanol–water partition coefficient (Wildman–Crippen LogP) is 2.47. The second kappa shape index (κ2) is 7.31. The molecule has 1 aromatic carbocycles. The highest BCUT2D eigenvalue weighted by atomic mass is 79.9. The van der Waals surface area contributed by atoms with Crippen molar-refractivity contribution in [3.05, 3.63) is 27.2 Å². The predicted molar refractivity (Wildman–Crippen MR) is 80.5 cm³/mol. The average Bonchev–Trinajstić information content (AvgIpc) is 2.86. The molecule has 1 aromatic rings. The first-order valence-electron chi connectivity index (χ1n) is 6.37. The van der Waals surface area contributed by atoms with Gasteiger partial charge in [0.05, 0.1) is 30.9 Å². The summed E-state index contributed by atoms with van der Waals surface area (Å²) >= 11 is 9.53. The zero-order valence-electron chi connectivity index (χ0n) is 11.0. The highest BCUT2D eigenvalue weighted by molar-refractivity contribution is 9.10. The maximum absolute atomic E-state index is 11.6. The number of anilines is 1. The zero-order chi connectivity index (χ0) is 15.4. The van der Waals surface area contributed by atoms with Gasteiger partial charge in [-0.1, -0.05) is 11.6 Å². The zero-order valence-corrected chi connectivity index (χ0v) is 13.4. The van der Waals surface area contributed by atoms with Gasteiger partial charge in [-0.25, -0.2) is 4.79 Å². The van der Waals surface area contributed by atoms with Gasteiger partial charge in [0.25, 0.3) is 0 Å². The SMILES string of the molecule is O=C(OCCC(O)CO)OC1CNc2ccc(Br)c(Cl)c21. The summed E-state index contributed by atoms with van der Waals surface area (Å²) in [7, 11) is 0. The van der Waals surface area contributed by atoms with Crippen LogP contribution in [0.4, 0.5) is 10.5 Å². The molecule has 3 N–H and O–H groups in total. The third-order valence-corrected chi connectivity index (χ3v) is 4.35. The lowest BCUT2D eigenvalue weighted by Crippen LogP contribution is -2.19. The smallest absolute Gasteiger partial charge is 0.434 e. The number of nitrogens with one attached hydrogen (secondary N) is 1. The van der Waals surface area contributed by atoms with Crippen molar-refractivity contribution in [3.63, 3.8) is 0 Å². The van der Waals surface area contributed by atoms with E-state index in [1.807, 2.05) is 12.1 Å². The largest absolute Gasteiger partial charge is 0.508 e. The molecule has 2 atom stereocenters. The van der Waals surface area contributed by atoms with E-state index in [4.69, 9.17) is 31.3 Å². The van der Waals surface area contributed by atoms with E-state index in [0.717, 1.165) is 10.2 Å². The van der Waals surface area contributed by atoms with Crippen LogP contribution < -0.4 is 5.32 Å². The average molecular weight is 381 g/mol. The summed E-state index contributed by atoms with van der Waals surface area (Å²) < 4.78 is 10.8. The van der Waals surface area contributed by atoms with E-state index < -0.39 is 18.4 Å². The molecule has 0 saturated heterocycles. The highest BCUT2D eigenvalue weighted by Crippen LogP contribution is 2.41. The number of benzene rings is 1.